The number of ether oxygens (including phenoxy) is 3. The highest BCUT2D eigenvalue weighted by atomic mass is 31.2. The Morgan fingerprint density at radius 1 is 1.14 bits per heavy atom. The molecule has 4 unspecified atom stereocenters. The lowest BCUT2D eigenvalue weighted by Gasteiger charge is -2.27. The first kappa shape index (κ1) is 30.7. The van der Waals surface area contributed by atoms with E-state index in [1.165, 1.54) is 23.8 Å². The fourth-order valence-corrected chi connectivity index (χ4v) is 4.32. The minimum Gasteiger partial charge on any atom is -0.462 e. The first-order valence-electron chi connectivity index (χ1n) is 11.4. The topological polar surface area (TPSA) is 173 Å². The fraction of sp³-hybridized carbons (Fsp3) is 0.714. The van der Waals surface area contributed by atoms with E-state index in [1.54, 1.807) is 34.6 Å². The second-order valence-corrected chi connectivity index (χ2v) is 10.3. The van der Waals surface area contributed by atoms with Crippen molar-refractivity contribution in [1.82, 2.24) is 19.7 Å². The maximum Gasteiger partial charge on any atom is 0.351 e. The number of anilines is 1. The third-order valence-electron chi connectivity index (χ3n) is 4.40. The summed E-state index contributed by atoms with van der Waals surface area (Å²) in [6, 6.07) is 0.463. The molecule has 0 amide bonds. The van der Waals surface area contributed by atoms with Gasteiger partial charge in [-0.3, -0.25) is 18.7 Å². The molecule has 4 atom stereocenters. The monoisotopic (exact) mass is 519 g/mol. The first-order chi connectivity index (χ1) is 16.3. The van der Waals surface area contributed by atoms with E-state index in [0.29, 0.717) is 6.42 Å². The molecule has 0 saturated heterocycles. The molecule has 4 N–H and O–H groups in total. The van der Waals surface area contributed by atoms with Crippen LogP contribution in [0.5, 0.6) is 0 Å². The Bertz CT molecular complexity index is 939. The summed E-state index contributed by atoms with van der Waals surface area (Å²) in [6.45, 7) is 11.1. The lowest BCUT2D eigenvalue weighted by Crippen LogP contribution is -2.40. The molecule has 1 aromatic rings. The SMILES string of the molecule is CCC(COP(=O)(NCC(=O)OC(C)C)NC(C)C(=O)OC(C)C)OC(C)n1ccc(N)nc1=O. The number of nitrogens with two attached hydrogens (primary N) is 1. The average Bonchev–Trinajstić information content (AvgIpc) is 2.74. The molecule has 0 spiro atoms. The van der Waals surface area contributed by atoms with Crippen LogP contribution in [0, 0.1) is 0 Å². The van der Waals surface area contributed by atoms with Crippen LogP contribution in [0.15, 0.2) is 17.1 Å². The molecule has 0 radical (unpaired) electrons. The lowest BCUT2D eigenvalue weighted by molar-refractivity contribution is -0.149. The van der Waals surface area contributed by atoms with Gasteiger partial charge in [0.25, 0.3) is 0 Å². The van der Waals surface area contributed by atoms with E-state index in [4.69, 9.17) is 24.5 Å². The normalized spacial score (nSPS) is 15.9. The Morgan fingerprint density at radius 2 is 1.77 bits per heavy atom. The van der Waals surface area contributed by atoms with Crippen LogP contribution < -0.4 is 21.6 Å². The molecule has 13 nitrogen and oxygen atoms in total. The van der Waals surface area contributed by atoms with Gasteiger partial charge in [0.1, 0.15) is 24.6 Å². The molecule has 0 aliphatic heterocycles. The van der Waals surface area contributed by atoms with E-state index in [9.17, 15) is 18.9 Å². The summed E-state index contributed by atoms with van der Waals surface area (Å²) < 4.78 is 36.4. The van der Waals surface area contributed by atoms with Gasteiger partial charge in [-0.15, -0.1) is 0 Å². The Hall–Kier alpha value is -2.31. The van der Waals surface area contributed by atoms with Gasteiger partial charge in [-0.2, -0.15) is 4.98 Å². The van der Waals surface area contributed by atoms with Crippen LogP contribution in [-0.4, -0.2) is 59.0 Å². The van der Waals surface area contributed by atoms with E-state index in [-0.39, 0.29) is 24.6 Å². The number of esters is 2. The molecule has 1 heterocycles. The fourth-order valence-electron chi connectivity index (χ4n) is 2.73. The molecular formula is C21H38N5O8P. The van der Waals surface area contributed by atoms with Crippen molar-refractivity contribution in [2.24, 2.45) is 0 Å². The molecule has 1 rings (SSSR count). The van der Waals surface area contributed by atoms with Crippen LogP contribution >= 0.6 is 7.67 Å². The number of hydrogen-bond acceptors (Lipinski definition) is 10. The highest BCUT2D eigenvalue weighted by Gasteiger charge is 2.31. The molecular weight excluding hydrogens is 481 g/mol. The van der Waals surface area contributed by atoms with Gasteiger partial charge in [-0.25, -0.2) is 15.0 Å². The van der Waals surface area contributed by atoms with Crippen molar-refractivity contribution in [3.05, 3.63) is 22.7 Å². The number of aromatic nitrogens is 2. The van der Waals surface area contributed by atoms with Crippen molar-refractivity contribution < 1.29 is 32.9 Å². The summed E-state index contributed by atoms with van der Waals surface area (Å²) >= 11 is 0. The molecule has 1 aromatic heterocycles. The van der Waals surface area contributed by atoms with E-state index in [2.05, 4.69) is 15.2 Å². The molecule has 0 bridgehead atoms. The summed E-state index contributed by atoms with van der Waals surface area (Å²) in [6.07, 6.45) is -0.131. The Kier molecular flexibility index (Phi) is 12.5. The number of nitrogens with zero attached hydrogens (tertiary/aromatic N) is 2. The van der Waals surface area contributed by atoms with Crippen LogP contribution in [0.2, 0.25) is 0 Å². The van der Waals surface area contributed by atoms with Gasteiger partial charge in [-0.1, -0.05) is 6.92 Å². The highest BCUT2D eigenvalue weighted by Crippen LogP contribution is 2.38. The van der Waals surface area contributed by atoms with Crippen LogP contribution in [0.25, 0.3) is 0 Å². The summed E-state index contributed by atoms with van der Waals surface area (Å²) in [5.41, 5.74) is 4.94. The van der Waals surface area contributed by atoms with Crippen molar-refractivity contribution in [3.8, 4) is 0 Å². The van der Waals surface area contributed by atoms with E-state index >= 15 is 0 Å². The minimum atomic E-state index is -3.95. The third kappa shape index (κ3) is 11.3. The molecule has 0 aromatic carbocycles. The van der Waals surface area contributed by atoms with Crippen molar-refractivity contribution in [3.63, 3.8) is 0 Å². The summed E-state index contributed by atoms with van der Waals surface area (Å²) in [7, 11) is -3.95. The Labute approximate surface area is 205 Å². The van der Waals surface area contributed by atoms with Gasteiger partial charge in [0.15, 0.2) is 0 Å². The average molecular weight is 520 g/mol. The van der Waals surface area contributed by atoms with Gasteiger partial charge in [0.2, 0.25) is 0 Å². The maximum absolute atomic E-state index is 13.5. The number of rotatable bonds is 15. The zero-order valence-corrected chi connectivity index (χ0v) is 22.2. The van der Waals surface area contributed by atoms with Crippen LogP contribution in [0.1, 0.15) is 61.1 Å². The van der Waals surface area contributed by atoms with Crippen molar-refractivity contribution in [2.45, 2.75) is 85.5 Å². The Balaban J connectivity index is 2.92. The molecule has 14 heteroatoms. The van der Waals surface area contributed by atoms with Crippen molar-refractivity contribution >= 4 is 25.4 Å². The number of nitrogens with one attached hydrogen (secondary N) is 2. The predicted octanol–water partition coefficient (Wildman–Crippen LogP) is 1.73. The second kappa shape index (κ2) is 14.3. The summed E-state index contributed by atoms with van der Waals surface area (Å²) in [5, 5.41) is 5.12. The van der Waals surface area contributed by atoms with Crippen molar-refractivity contribution in [1.29, 1.82) is 0 Å². The maximum atomic E-state index is 13.5. The smallest absolute Gasteiger partial charge is 0.351 e. The molecule has 0 aliphatic rings. The zero-order chi connectivity index (χ0) is 26.8. The Morgan fingerprint density at radius 3 is 2.31 bits per heavy atom. The first-order valence-corrected chi connectivity index (χ1v) is 13.1. The minimum absolute atomic E-state index is 0.0908. The van der Waals surface area contributed by atoms with Crippen LogP contribution in [-0.2, 0) is 32.9 Å². The van der Waals surface area contributed by atoms with Gasteiger partial charge >= 0.3 is 25.3 Å². The highest BCUT2D eigenvalue weighted by molar-refractivity contribution is 7.54. The van der Waals surface area contributed by atoms with E-state index in [0.717, 1.165) is 0 Å². The van der Waals surface area contributed by atoms with Crippen LogP contribution in [0.3, 0.4) is 0 Å². The largest absolute Gasteiger partial charge is 0.462 e. The summed E-state index contributed by atoms with van der Waals surface area (Å²) in [4.78, 5) is 39.9. The van der Waals surface area contributed by atoms with Crippen molar-refractivity contribution in [2.75, 3.05) is 18.9 Å². The standard InChI is InChI=1S/C21H38N5O8P/c1-8-17(34-16(7)26-10-9-18(22)24-21(26)29)12-31-35(30,23-11-19(27)32-13(2)3)25-15(6)20(28)33-14(4)5/h9-10,13-17H,8,11-12H2,1-7H3,(H2,22,24,29)(H2,23,25,30). The molecule has 200 valence electrons. The molecule has 35 heavy (non-hydrogen) atoms. The predicted molar refractivity (Wildman–Crippen MR) is 129 cm³/mol. The number of carbonyl (C=O) groups is 2. The van der Waals surface area contributed by atoms with E-state index < -0.39 is 50.2 Å². The number of nitrogen functional groups attached to an aromatic ring is 1. The van der Waals surface area contributed by atoms with Gasteiger partial charge in [0.05, 0.1) is 24.9 Å². The quantitative estimate of drug-likeness (QED) is 0.227. The third-order valence-corrected chi connectivity index (χ3v) is 6.21. The van der Waals surface area contributed by atoms with Gasteiger partial charge in [0, 0.05) is 6.20 Å². The van der Waals surface area contributed by atoms with Gasteiger partial charge < -0.3 is 24.5 Å². The van der Waals surface area contributed by atoms with Gasteiger partial charge in [-0.05, 0) is 54.0 Å². The lowest BCUT2D eigenvalue weighted by atomic mass is 10.3. The number of carbonyl (C=O) groups excluding carboxylic acids is 2. The molecule has 0 saturated carbocycles. The molecule has 0 fully saturated rings. The zero-order valence-electron chi connectivity index (χ0n) is 21.3. The summed E-state index contributed by atoms with van der Waals surface area (Å²) in [5.74, 6) is -1.19. The second-order valence-electron chi connectivity index (χ2n) is 8.37. The van der Waals surface area contributed by atoms with E-state index in [1.807, 2.05) is 6.92 Å². The molecule has 0 aliphatic carbocycles. The van der Waals surface area contributed by atoms with Crippen LogP contribution in [0.4, 0.5) is 5.82 Å². The number of hydrogen-bond donors (Lipinski definition) is 3.